The number of hydrogen-bond acceptors (Lipinski definition) is 5. The van der Waals surface area contributed by atoms with Gasteiger partial charge in [0.05, 0.1) is 26.3 Å². The Hall–Kier alpha value is -3.19. The molecule has 1 aliphatic rings. The zero-order valence-corrected chi connectivity index (χ0v) is 19.8. The Balaban J connectivity index is 1.54. The molecule has 2 heterocycles. The molecule has 176 valence electrons. The Bertz CT molecular complexity index is 1100. The van der Waals surface area contributed by atoms with Crippen LogP contribution in [0.3, 0.4) is 0 Å². The number of ether oxygens (including phenoxy) is 3. The van der Waals surface area contributed by atoms with Crippen LogP contribution in [0, 0.1) is 0 Å². The van der Waals surface area contributed by atoms with E-state index in [9.17, 15) is 4.79 Å². The molecule has 1 saturated heterocycles. The Morgan fingerprint density at radius 3 is 2.45 bits per heavy atom. The Labute approximate surface area is 195 Å². The fraction of sp³-hybridized carbons (Fsp3) is 0.423. The van der Waals surface area contributed by atoms with Gasteiger partial charge in [0.2, 0.25) is 5.88 Å². The van der Waals surface area contributed by atoms with Gasteiger partial charge >= 0.3 is 6.09 Å². The van der Waals surface area contributed by atoms with Crippen LogP contribution in [-0.2, 0) is 6.54 Å². The normalized spacial score (nSPS) is 15.1. The number of amides is 1. The molecule has 7 nitrogen and oxygen atoms in total. The minimum atomic E-state index is -0.417. The first kappa shape index (κ1) is 23.0. The molecule has 0 atom stereocenters. The van der Waals surface area contributed by atoms with Crippen molar-refractivity contribution < 1.29 is 19.0 Å². The average molecular weight is 452 g/mol. The summed E-state index contributed by atoms with van der Waals surface area (Å²) >= 11 is 0. The van der Waals surface area contributed by atoms with E-state index in [1.54, 1.807) is 14.2 Å². The van der Waals surface area contributed by atoms with Crippen molar-refractivity contribution in [2.75, 3.05) is 27.3 Å². The summed E-state index contributed by atoms with van der Waals surface area (Å²) in [7, 11) is 3.30. The van der Waals surface area contributed by atoms with Crippen molar-refractivity contribution in [3.05, 3.63) is 54.1 Å². The van der Waals surface area contributed by atoms with Gasteiger partial charge in [0.1, 0.15) is 11.5 Å². The first-order valence-corrected chi connectivity index (χ1v) is 11.5. The van der Waals surface area contributed by atoms with Crippen LogP contribution in [0.5, 0.6) is 17.4 Å². The third-order valence-corrected chi connectivity index (χ3v) is 6.32. The summed E-state index contributed by atoms with van der Waals surface area (Å²) in [4.78, 5) is 15.2. The van der Waals surface area contributed by atoms with Crippen LogP contribution < -0.4 is 19.5 Å². The number of nitrogens with one attached hydrogen (secondary N) is 1. The molecule has 1 aromatic heterocycles. The summed E-state index contributed by atoms with van der Waals surface area (Å²) in [6.45, 7) is 6.93. The SMILES string of the molecule is COc1cccc(Cn2c(OC(=O)NC3CCN(C(C)C)CC3)cc3cc(OC)ccc32)c1. The van der Waals surface area contributed by atoms with E-state index in [-0.39, 0.29) is 6.04 Å². The largest absolute Gasteiger partial charge is 0.497 e. The van der Waals surface area contributed by atoms with Gasteiger partial charge in [-0.1, -0.05) is 12.1 Å². The van der Waals surface area contributed by atoms with E-state index < -0.39 is 6.09 Å². The molecule has 1 N–H and O–H groups in total. The van der Waals surface area contributed by atoms with Gasteiger partial charge in [-0.3, -0.25) is 0 Å². The second-order valence-corrected chi connectivity index (χ2v) is 8.78. The van der Waals surface area contributed by atoms with E-state index in [0.29, 0.717) is 18.5 Å². The molecule has 3 aromatic rings. The van der Waals surface area contributed by atoms with Crippen molar-refractivity contribution in [2.24, 2.45) is 0 Å². The highest BCUT2D eigenvalue weighted by Crippen LogP contribution is 2.30. The molecule has 0 aliphatic carbocycles. The van der Waals surface area contributed by atoms with Gasteiger partial charge in [0.25, 0.3) is 0 Å². The molecule has 1 aliphatic heterocycles. The van der Waals surface area contributed by atoms with Crippen LogP contribution in [-0.4, -0.2) is 55.0 Å². The lowest BCUT2D eigenvalue weighted by atomic mass is 10.0. The second-order valence-electron chi connectivity index (χ2n) is 8.78. The van der Waals surface area contributed by atoms with E-state index in [0.717, 1.165) is 53.9 Å². The summed E-state index contributed by atoms with van der Waals surface area (Å²) in [6, 6.07) is 16.3. The lowest BCUT2D eigenvalue weighted by Crippen LogP contribution is -2.47. The van der Waals surface area contributed by atoms with E-state index >= 15 is 0 Å². The zero-order valence-electron chi connectivity index (χ0n) is 19.8. The van der Waals surface area contributed by atoms with Crippen LogP contribution in [0.15, 0.2) is 48.5 Å². The molecule has 0 radical (unpaired) electrons. The number of likely N-dealkylation sites (tertiary alicyclic amines) is 1. The molecule has 0 saturated carbocycles. The zero-order chi connectivity index (χ0) is 23.4. The van der Waals surface area contributed by atoms with Gasteiger partial charge in [-0.05, 0) is 62.6 Å². The van der Waals surface area contributed by atoms with Gasteiger partial charge in [-0.25, -0.2) is 4.79 Å². The highest BCUT2D eigenvalue weighted by Gasteiger charge is 2.23. The second kappa shape index (κ2) is 10.2. The number of benzene rings is 2. The highest BCUT2D eigenvalue weighted by atomic mass is 16.6. The van der Waals surface area contributed by atoms with Gasteiger partial charge in [-0.15, -0.1) is 0 Å². The Morgan fingerprint density at radius 1 is 1.03 bits per heavy atom. The summed E-state index contributed by atoms with van der Waals surface area (Å²) in [5.41, 5.74) is 2.01. The monoisotopic (exact) mass is 451 g/mol. The first-order chi connectivity index (χ1) is 16.0. The first-order valence-electron chi connectivity index (χ1n) is 11.5. The quantitative estimate of drug-likeness (QED) is 0.566. The standard InChI is InChI=1S/C26H33N3O4/c1-18(2)28-12-10-21(11-13-28)27-26(30)33-25-16-20-15-23(32-4)8-9-24(20)29(25)17-19-6-5-7-22(14-19)31-3/h5-9,14-16,18,21H,10-13,17H2,1-4H3,(H,27,30). The molecule has 2 aromatic carbocycles. The van der Waals surface area contributed by atoms with Crippen molar-refractivity contribution >= 4 is 17.0 Å². The fourth-order valence-electron chi connectivity index (χ4n) is 4.40. The Kier molecular flexibility index (Phi) is 7.08. The topological polar surface area (TPSA) is 65.0 Å². The van der Waals surface area contributed by atoms with E-state index in [1.165, 1.54) is 0 Å². The number of methoxy groups -OCH3 is 2. The summed E-state index contributed by atoms with van der Waals surface area (Å²) < 4.78 is 18.6. The molecule has 33 heavy (non-hydrogen) atoms. The molecule has 0 spiro atoms. The number of fused-ring (bicyclic) bond motifs is 1. The molecule has 4 rings (SSSR count). The van der Waals surface area contributed by atoms with E-state index in [4.69, 9.17) is 14.2 Å². The lowest BCUT2D eigenvalue weighted by molar-refractivity contribution is 0.151. The Morgan fingerprint density at radius 2 is 1.76 bits per heavy atom. The number of carbonyl (C=O) groups is 1. The van der Waals surface area contributed by atoms with Crippen molar-refractivity contribution in [2.45, 2.75) is 45.3 Å². The van der Waals surface area contributed by atoms with Crippen molar-refractivity contribution in [1.82, 2.24) is 14.8 Å². The maximum atomic E-state index is 12.8. The molecular weight excluding hydrogens is 418 g/mol. The highest BCUT2D eigenvalue weighted by molar-refractivity contribution is 5.85. The lowest BCUT2D eigenvalue weighted by Gasteiger charge is -2.34. The van der Waals surface area contributed by atoms with Crippen molar-refractivity contribution in [1.29, 1.82) is 0 Å². The minimum Gasteiger partial charge on any atom is -0.497 e. The molecular formula is C26H33N3O4. The summed E-state index contributed by atoms with van der Waals surface area (Å²) in [6.07, 6.45) is 1.44. The summed E-state index contributed by atoms with van der Waals surface area (Å²) in [5, 5.41) is 4.01. The maximum absolute atomic E-state index is 12.8. The van der Waals surface area contributed by atoms with Crippen LogP contribution in [0.4, 0.5) is 4.79 Å². The maximum Gasteiger partial charge on any atom is 0.414 e. The third-order valence-electron chi connectivity index (χ3n) is 6.32. The number of piperidine rings is 1. The van der Waals surface area contributed by atoms with Crippen LogP contribution in [0.1, 0.15) is 32.3 Å². The number of aromatic nitrogens is 1. The number of hydrogen-bond donors (Lipinski definition) is 1. The van der Waals surface area contributed by atoms with Crippen LogP contribution in [0.2, 0.25) is 0 Å². The van der Waals surface area contributed by atoms with Crippen molar-refractivity contribution in [3.8, 4) is 17.4 Å². The molecule has 0 bridgehead atoms. The average Bonchev–Trinajstić information content (AvgIpc) is 3.15. The van der Waals surface area contributed by atoms with Gasteiger partial charge in [0.15, 0.2) is 0 Å². The molecule has 1 fully saturated rings. The van der Waals surface area contributed by atoms with Gasteiger partial charge in [-0.2, -0.15) is 0 Å². The number of nitrogens with zero attached hydrogens (tertiary/aromatic N) is 2. The predicted octanol–water partition coefficient (Wildman–Crippen LogP) is 4.67. The van der Waals surface area contributed by atoms with Gasteiger partial charge in [0, 0.05) is 36.6 Å². The molecule has 0 unspecified atom stereocenters. The predicted molar refractivity (Wildman–Crippen MR) is 129 cm³/mol. The smallest absolute Gasteiger partial charge is 0.414 e. The minimum absolute atomic E-state index is 0.129. The fourth-order valence-corrected chi connectivity index (χ4v) is 4.40. The number of carbonyl (C=O) groups excluding carboxylic acids is 1. The summed E-state index contributed by atoms with van der Waals surface area (Å²) in [5.74, 6) is 2.05. The molecule has 1 amide bonds. The third kappa shape index (κ3) is 5.42. The number of rotatable bonds is 7. The van der Waals surface area contributed by atoms with Gasteiger partial charge < -0.3 is 29.0 Å². The van der Waals surface area contributed by atoms with Crippen LogP contribution in [0.25, 0.3) is 10.9 Å². The van der Waals surface area contributed by atoms with Crippen molar-refractivity contribution in [3.63, 3.8) is 0 Å². The van der Waals surface area contributed by atoms with Crippen LogP contribution >= 0.6 is 0 Å². The van der Waals surface area contributed by atoms with E-state index in [1.807, 2.05) is 53.1 Å². The molecule has 7 heteroatoms. The van der Waals surface area contributed by atoms with E-state index in [2.05, 4.69) is 24.1 Å².